The Morgan fingerprint density at radius 1 is 1.38 bits per heavy atom. The summed E-state index contributed by atoms with van der Waals surface area (Å²) in [5, 5.41) is 1.13. The summed E-state index contributed by atoms with van der Waals surface area (Å²) in [6.45, 7) is 3.70. The number of likely N-dealkylation sites (tertiary alicyclic amines) is 1. The summed E-state index contributed by atoms with van der Waals surface area (Å²) in [4.78, 5) is 22.5. The van der Waals surface area contributed by atoms with Gasteiger partial charge in [-0.2, -0.15) is 0 Å². The summed E-state index contributed by atoms with van der Waals surface area (Å²) in [6, 6.07) is 8.24. The standard InChI is InChI=1S/C19H22N4O/c1-2-18-21-9-11-23(18)16-4-3-10-22(13-16)19(24)15-6-5-14-7-8-20-17(14)12-15/h5-9,11-12,16,20H,2-4,10,13H2,1H3/t16-/m0/s1. The number of aromatic amines is 1. The van der Waals surface area contributed by atoms with E-state index in [9.17, 15) is 4.79 Å². The molecule has 1 aliphatic heterocycles. The Morgan fingerprint density at radius 3 is 3.17 bits per heavy atom. The van der Waals surface area contributed by atoms with Crippen LogP contribution in [0.3, 0.4) is 0 Å². The number of aromatic nitrogens is 3. The first-order valence-electron chi connectivity index (χ1n) is 8.64. The van der Waals surface area contributed by atoms with Gasteiger partial charge in [0.05, 0.1) is 6.04 Å². The lowest BCUT2D eigenvalue weighted by atomic mass is 10.0. The molecule has 1 saturated heterocycles. The fraction of sp³-hybridized carbons (Fsp3) is 0.368. The van der Waals surface area contributed by atoms with Crippen molar-refractivity contribution in [2.45, 2.75) is 32.2 Å². The second-order valence-corrected chi connectivity index (χ2v) is 6.43. The fourth-order valence-corrected chi connectivity index (χ4v) is 3.68. The average molecular weight is 322 g/mol. The van der Waals surface area contributed by atoms with Crippen molar-refractivity contribution in [1.29, 1.82) is 0 Å². The largest absolute Gasteiger partial charge is 0.361 e. The molecule has 0 radical (unpaired) electrons. The van der Waals surface area contributed by atoms with Crippen LogP contribution in [0, 0.1) is 0 Å². The third kappa shape index (κ3) is 2.60. The Morgan fingerprint density at radius 2 is 2.29 bits per heavy atom. The Hall–Kier alpha value is -2.56. The van der Waals surface area contributed by atoms with Gasteiger partial charge < -0.3 is 14.5 Å². The molecule has 0 aliphatic carbocycles. The quantitative estimate of drug-likeness (QED) is 0.803. The number of benzene rings is 1. The average Bonchev–Trinajstić information content (AvgIpc) is 3.29. The second-order valence-electron chi connectivity index (χ2n) is 6.43. The van der Waals surface area contributed by atoms with Crippen molar-refractivity contribution in [2.24, 2.45) is 0 Å². The highest BCUT2D eigenvalue weighted by Crippen LogP contribution is 2.25. The predicted molar refractivity (Wildman–Crippen MR) is 94.1 cm³/mol. The molecule has 0 spiro atoms. The van der Waals surface area contributed by atoms with E-state index < -0.39 is 0 Å². The number of imidazole rings is 1. The van der Waals surface area contributed by atoms with Crippen molar-refractivity contribution in [2.75, 3.05) is 13.1 Å². The summed E-state index contributed by atoms with van der Waals surface area (Å²) in [5.41, 5.74) is 1.77. The van der Waals surface area contributed by atoms with Crippen molar-refractivity contribution in [3.63, 3.8) is 0 Å². The number of hydrogen-bond donors (Lipinski definition) is 1. The van der Waals surface area contributed by atoms with Crippen LogP contribution in [0.1, 0.15) is 42.0 Å². The van der Waals surface area contributed by atoms with Crippen LogP contribution in [-0.2, 0) is 6.42 Å². The monoisotopic (exact) mass is 322 g/mol. The first-order valence-corrected chi connectivity index (χ1v) is 8.64. The highest BCUT2D eigenvalue weighted by Gasteiger charge is 2.26. The second kappa shape index (κ2) is 6.15. The van der Waals surface area contributed by atoms with E-state index in [1.165, 1.54) is 0 Å². The van der Waals surface area contributed by atoms with Crippen molar-refractivity contribution in [3.05, 3.63) is 54.2 Å². The number of fused-ring (bicyclic) bond motifs is 1. The molecule has 0 bridgehead atoms. The molecule has 1 aromatic carbocycles. The van der Waals surface area contributed by atoms with Crippen LogP contribution in [0.15, 0.2) is 42.9 Å². The van der Waals surface area contributed by atoms with E-state index >= 15 is 0 Å². The van der Waals surface area contributed by atoms with Crippen LogP contribution in [-0.4, -0.2) is 38.4 Å². The number of carbonyl (C=O) groups excluding carboxylic acids is 1. The van der Waals surface area contributed by atoms with Gasteiger partial charge in [0, 0.05) is 49.2 Å². The molecule has 5 nitrogen and oxygen atoms in total. The van der Waals surface area contributed by atoms with Crippen LogP contribution in [0.5, 0.6) is 0 Å². The summed E-state index contributed by atoms with van der Waals surface area (Å²) in [6.07, 6.45) is 8.86. The van der Waals surface area contributed by atoms with E-state index in [0.717, 1.165) is 54.6 Å². The third-order valence-corrected chi connectivity index (χ3v) is 4.94. The van der Waals surface area contributed by atoms with Gasteiger partial charge in [-0.15, -0.1) is 0 Å². The molecular weight excluding hydrogens is 300 g/mol. The van der Waals surface area contributed by atoms with Crippen molar-refractivity contribution >= 4 is 16.8 Å². The first-order chi connectivity index (χ1) is 11.8. The van der Waals surface area contributed by atoms with Gasteiger partial charge in [0.15, 0.2) is 0 Å². The molecule has 0 unspecified atom stereocenters. The lowest BCUT2D eigenvalue weighted by Gasteiger charge is -2.34. The van der Waals surface area contributed by atoms with E-state index in [2.05, 4.69) is 21.5 Å². The topological polar surface area (TPSA) is 53.9 Å². The Labute approximate surface area is 141 Å². The lowest BCUT2D eigenvalue weighted by molar-refractivity contribution is 0.0678. The molecule has 2 aromatic heterocycles. The SMILES string of the molecule is CCc1nccn1[C@H]1CCCN(C(=O)c2ccc3cc[nH]c3c2)C1. The number of rotatable bonds is 3. The van der Waals surface area contributed by atoms with Gasteiger partial charge in [0.1, 0.15) is 5.82 Å². The predicted octanol–water partition coefficient (Wildman–Crippen LogP) is 3.40. The number of H-pyrrole nitrogens is 1. The highest BCUT2D eigenvalue weighted by molar-refractivity contribution is 5.98. The summed E-state index contributed by atoms with van der Waals surface area (Å²) >= 11 is 0. The minimum absolute atomic E-state index is 0.120. The van der Waals surface area contributed by atoms with Crippen molar-refractivity contribution in [3.8, 4) is 0 Å². The molecule has 3 heterocycles. The maximum absolute atomic E-state index is 12.9. The van der Waals surface area contributed by atoms with Gasteiger partial charge in [-0.25, -0.2) is 4.98 Å². The van der Waals surface area contributed by atoms with Gasteiger partial charge in [-0.1, -0.05) is 13.0 Å². The number of hydrogen-bond acceptors (Lipinski definition) is 2. The van der Waals surface area contributed by atoms with Crippen molar-refractivity contribution in [1.82, 2.24) is 19.4 Å². The maximum atomic E-state index is 12.9. The van der Waals surface area contributed by atoms with Gasteiger partial charge in [-0.3, -0.25) is 4.79 Å². The minimum atomic E-state index is 0.120. The summed E-state index contributed by atoms with van der Waals surface area (Å²) < 4.78 is 2.24. The first kappa shape index (κ1) is 15.0. The minimum Gasteiger partial charge on any atom is -0.361 e. The smallest absolute Gasteiger partial charge is 0.254 e. The zero-order valence-electron chi connectivity index (χ0n) is 13.9. The molecule has 4 rings (SSSR count). The van der Waals surface area contributed by atoms with Crippen LogP contribution in [0.2, 0.25) is 0 Å². The molecule has 0 saturated carbocycles. The number of amides is 1. The third-order valence-electron chi connectivity index (χ3n) is 4.94. The molecule has 124 valence electrons. The van der Waals surface area contributed by atoms with E-state index in [0.29, 0.717) is 6.04 Å². The molecule has 24 heavy (non-hydrogen) atoms. The van der Waals surface area contributed by atoms with E-state index in [4.69, 9.17) is 0 Å². The van der Waals surface area contributed by atoms with E-state index in [1.807, 2.05) is 47.8 Å². The molecule has 1 N–H and O–H groups in total. The van der Waals surface area contributed by atoms with Gasteiger partial charge >= 0.3 is 0 Å². The number of aryl methyl sites for hydroxylation is 1. The van der Waals surface area contributed by atoms with Crippen LogP contribution in [0.4, 0.5) is 0 Å². The molecule has 1 atom stereocenters. The fourth-order valence-electron chi connectivity index (χ4n) is 3.68. The van der Waals surface area contributed by atoms with Crippen molar-refractivity contribution < 1.29 is 4.79 Å². The molecular formula is C19H22N4O. The van der Waals surface area contributed by atoms with Gasteiger partial charge in [0.2, 0.25) is 0 Å². The normalized spacial score (nSPS) is 18.2. The zero-order chi connectivity index (χ0) is 16.5. The van der Waals surface area contributed by atoms with Gasteiger partial charge in [0.25, 0.3) is 5.91 Å². The molecule has 3 aromatic rings. The zero-order valence-corrected chi connectivity index (χ0v) is 13.9. The lowest BCUT2D eigenvalue weighted by Crippen LogP contribution is -2.40. The van der Waals surface area contributed by atoms with Gasteiger partial charge in [-0.05, 0) is 36.4 Å². The maximum Gasteiger partial charge on any atom is 0.254 e. The highest BCUT2D eigenvalue weighted by atomic mass is 16.2. The Bertz CT molecular complexity index is 863. The molecule has 1 aliphatic rings. The number of piperidine rings is 1. The van der Waals surface area contributed by atoms with Crippen LogP contribution < -0.4 is 0 Å². The van der Waals surface area contributed by atoms with E-state index in [-0.39, 0.29) is 5.91 Å². The Kier molecular flexibility index (Phi) is 3.84. The van der Waals surface area contributed by atoms with Crippen LogP contribution >= 0.6 is 0 Å². The summed E-state index contributed by atoms with van der Waals surface area (Å²) in [5.74, 6) is 1.22. The summed E-state index contributed by atoms with van der Waals surface area (Å²) in [7, 11) is 0. The van der Waals surface area contributed by atoms with Crippen LogP contribution in [0.25, 0.3) is 10.9 Å². The molecule has 1 amide bonds. The number of nitrogens with one attached hydrogen (secondary N) is 1. The Balaban J connectivity index is 1.55. The number of nitrogens with zero attached hydrogens (tertiary/aromatic N) is 3. The molecule has 1 fully saturated rings. The van der Waals surface area contributed by atoms with E-state index in [1.54, 1.807) is 0 Å². The number of carbonyl (C=O) groups is 1. The molecule has 5 heteroatoms.